The zero-order chi connectivity index (χ0) is 15.1. The van der Waals surface area contributed by atoms with Crippen LogP contribution in [0.25, 0.3) is 0 Å². The molecule has 0 atom stereocenters. The van der Waals surface area contributed by atoms with Crippen molar-refractivity contribution in [3.8, 4) is 11.8 Å². The predicted octanol–water partition coefficient (Wildman–Crippen LogP) is 1.82. The van der Waals surface area contributed by atoms with Gasteiger partial charge in [-0.05, 0) is 43.0 Å². The Morgan fingerprint density at radius 3 is 2.57 bits per heavy atom. The first-order valence-corrected chi connectivity index (χ1v) is 7.12. The Bertz CT molecular complexity index is 499. The monoisotopic (exact) mass is 288 g/mol. The number of methoxy groups -OCH3 is 1. The lowest BCUT2D eigenvalue weighted by Gasteiger charge is -2.31. The van der Waals surface area contributed by atoms with Crippen molar-refractivity contribution >= 4 is 5.91 Å². The molecule has 0 aromatic heterocycles. The summed E-state index contributed by atoms with van der Waals surface area (Å²) in [4.78, 5) is 13.9. The van der Waals surface area contributed by atoms with Gasteiger partial charge in [-0.1, -0.05) is 0 Å². The van der Waals surface area contributed by atoms with Gasteiger partial charge in [-0.2, -0.15) is 5.26 Å². The van der Waals surface area contributed by atoms with Crippen molar-refractivity contribution in [3.63, 3.8) is 0 Å². The minimum atomic E-state index is 0.00947. The quantitative estimate of drug-likeness (QED) is 0.829. The standard InChI is InChI=1S/C16H20N2O3/c1-20-11-14-6-8-18(9-7-14)16(19)12-21-15-4-2-13(10-17)3-5-15/h2-5,14H,6-9,11-12H2,1H3. The van der Waals surface area contributed by atoms with Crippen molar-refractivity contribution in [3.05, 3.63) is 29.8 Å². The van der Waals surface area contributed by atoms with E-state index in [-0.39, 0.29) is 12.5 Å². The summed E-state index contributed by atoms with van der Waals surface area (Å²) in [6, 6.07) is 8.81. The molecule has 112 valence electrons. The fourth-order valence-corrected chi connectivity index (χ4v) is 2.45. The van der Waals surface area contributed by atoms with Crippen molar-refractivity contribution in [2.75, 3.05) is 33.4 Å². The molecule has 0 bridgehead atoms. The van der Waals surface area contributed by atoms with Crippen LogP contribution >= 0.6 is 0 Å². The van der Waals surface area contributed by atoms with Gasteiger partial charge in [-0.15, -0.1) is 0 Å². The molecule has 1 amide bonds. The van der Waals surface area contributed by atoms with Crippen LogP contribution in [-0.2, 0) is 9.53 Å². The van der Waals surface area contributed by atoms with E-state index in [0.29, 0.717) is 17.2 Å². The molecule has 1 aromatic rings. The largest absolute Gasteiger partial charge is 0.484 e. The summed E-state index contributed by atoms with van der Waals surface area (Å²) in [6.45, 7) is 2.35. The topological polar surface area (TPSA) is 62.6 Å². The van der Waals surface area contributed by atoms with E-state index in [0.717, 1.165) is 32.5 Å². The number of benzene rings is 1. The van der Waals surface area contributed by atoms with E-state index in [9.17, 15) is 4.79 Å². The highest BCUT2D eigenvalue weighted by atomic mass is 16.5. The molecule has 5 heteroatoms. The minimum Gasteiger partial charge on any atom is -0.484 e. The Balaban J connectivity index is 1.76. The number of likely N-dealkylation sites (tertiary alicyclic amines) is 1. The summed E-state index contributed by atoms with van der Waals surface area (Å²) in [5.41, 5.74) is 0.578. The lowest BCUT2D eigenvalue weighted by Crippen LogP contribution is -2.41. The van der Waals surface area contributed by atoms with Crippen molar-refractivity contribution < 1.29 is 14.3 Å². The molecule has 1 heterocycles. The molecule has 1 aliphatic heterocycles. The van der Waals surface area contributed by atoms with E-state index in [4.69, 9.17) is 14.7 Å². The smallest absolute Gasteiger partial charge is 0.260 e. The molecule has 0 aliphatic carbocycles. The van der Waals surface area contributed by atoms with E-state index in [1.54, 1.807) is 31.4 Å². The third-order valence-electron chi connectivity index (χ3n) is 3.72. The molecule has 0 N–H and O–H groups in total. The molecule has 1 aromatic carbocycles. The second-order valence-corrected chi connectivity index (χ2v) is 5.20. The Morgan fingerprint density at radius 1 is 1.33 bits per heavy atom. The Labute approximate surface area is 125 Å². The summed E-state index contributed by atoms with van der Waals surface area (Å²) in [7, 11) is 1.71. The molecular weight excluding hydrogens is 268 g/mol. The predicted molar refractivity (Wildman–Crippen MR) is 77.8 cm³/mol. The maximum absolute atomic E-state index is 12.1. The average Bonchev–Trinajstić information content (AvgIpc) is 2.54. The number of rotatable bonds is 5. The third-order valence-corrected chi connectivity index (χ3v) is 3.72. The number of nitriles is 1. The summed E-state index contributed by atoms with van der Waals surface area (Å²) in [6.07, 6.45) is 1.97. The molecule has 0 radical (unpaired) electrons. The van der Waals surface area contributed by atoms with E-state index < -0.39 is 0 Å². The molecule has 0 spiro atoms. The second kappa shape index (κ2) is 7.65. The highest BCUT2D eigenvalue weighted by molar-refractivity contribution is 5.77. The third kappa shape index (κ3) is 4.47. The van der Waals surface area contributed by atoms with Crippen LogP contribution in [0.1, 0.15) is 18.4 Å². The minimum absolute atomic E-state index is 0.00947. The lowest BCUT2D eigenvalue weighted by atomic mass is 9.98. The van der Waals surface area contributed by atoms with Crippen molar-refractivity contribution in [1.29, 1.82) is 5.26 Å². The molecular formula is C16H20N2O3. The van der Waals surface area contributed by atoms with Crippen LogP contribution in [0.3, 0.4) is 0 Å². The van der Waals surface area contributed by atoms with Gasteiger partial charge in [0.05, 0.1) is 11.6 Å². The Kier molecular flexibility index (Phi) is 5.59. The molecule has 1 aliphatic rings. The van der Waals surface area contributed by atoms with Crippen LogP contribution in [0, 0.1) is 17.2 Å². The van der Waals surface area contributed by atoms with Crippen LogP contribution in [0.5, 0.6) is 5.75 Å². The van der Waals surface area contributed by atoms with E-state index >= 15 is 0 Å². The van der Waals surface area contributed by atoms with E-state index in [1.165, 1.54) is 0 Å². The maximum atomic E-state index is 12.1. The molecule has 5 nitrogen and oxygen atoms in total. The van der Waals surface area contributed by atoms with Crippen molar-refractivity contribution in [2.24, 2.45) is 5.92 Å². The van der Waals surface area contributed by atoms with Crippen molar-refractivity contribution in [1.82, 2.24) is 4.90 Å². The van der Waals surface area contributed by atoms with Gasteiger partial charge in [0.1, 0.15) is 5.75 Å². The first-order chi connectivity index (χ1) is 10.2. The number of carbonyl (C=O) groups is 1. The molecule has 1 saturated heterocycles. The van der Waals surface area contributed by atoms with Gasteiger partial charge in [-0.25, -0.2) is 0 Å². The number of nitrogens with zero attached hydrogens (tertiary/aromatic N) is 2. The SMILES string of the molecule is COCC1CCN(C(=O)COc2ccc(C#N)cc2)CC1. The van der Waals surface area contributed by atoms with Crippen LogP contribution in [0.4, 0.5) is 0 Å². The normalized spacial score (nSPS) is 15.5. The first-order valence-electron chi connectivity index (χ1n) is 7.12. The van der Waals surface area contributed by atoms with Crippen molar-refractivity contribution in [2.45, 2.75) is 12.8 Å². The van der Waals surface area contributed by atoms with Gasteiger partial charge >= 0.3 is 0 Å². The van der Waals surface area contributed by atoms with Crippen LogP contribution in [0.15, 0.2) is 24.3 Å². The Hall–Kier alpha value is -2.06. The fourth-order valence-electron chi connectivity index (χ4n) is 2.45. The number of carbonyl (C=O) groups excluding carboxylic acids is 1. The van der Waals surface area contributed by atoms with Crippen LogP contribution in [-0.4, -0.2) is 44.2 Å². The lowest BCUT2D eigenvalue weighted by molar-refractivity contribution is -0.135. The number of hydrogen-bond acceptors (Lipinski definition) is 4. The first kappa shape index (κ1) is 15.3. The molecule has 21 heavy (non-hydrogen) atoms. The molecule has 0 unspecified atom stereocenters. The number of hydrogen-bond donors (Lipinski definition) is 0. The summed E-state index contributed by atoms with van der Waals surface area (Å²) in [5.74, 6) is 1.17. The van der Waals surface area contributed by atoms with Crippen LogP contribution in [0.2, 0.25) is 0 Å². The van der Waals surface area contributed by atoms with Gasteiger partial charge in [0, 0.05) is 26.8 Å². The Morgan fingerprint density at radius 2 is 2.00 bits per heavy atom. The molecule has 1 fully saturated rings. The highest BCUT2D eigenvalue weighted by Gasteiger charge is 2.22. The fraction of sp³-hybridized carbons (Fsp3) is 0.500. The van der Waals surface area contributed by atoms with Gasteiger partial charge < -0.3 is 14.4 Å². The summed E-state index contributed by atoms with van der Waals surface area (Å²) >= 11 is 0. The van der Waals surface area contributed by atoms with Gasteiger partial charge in [0.25, 0.3) is 5.91 Å². The molecule has 0 saturated carbocycles. The van der Waals surface area contributed by atoms with Gasteiger partial charge in [0.2, 0.25) is 0 Å². The zero-order valence-electron chi connectivity index (χ0n) is 12.2. The highest BCUT2D eigenvalue weighted by Crippen LogP contribution is 2.18. The van der Waals surface area contributed by atoms with Gasteiger partial charge in [-0.3, -0.25) is 4.79 Å². The van der Waals surface area contributed by atoms with Crippen LogP contribution < -0.4 is 4.74 Å². The maximum Gasteiger partial charge on any atom is 0.260 e. The number of ether oxygens (including phenoxy) is 2. The van der Waals surface area contributed by atoms with Gasteiger partial charge in [0.15, 0.2) is 6.61 Å². The zero-order valence-corrected chi connectivity index (χ0v) is 12.2. The average molecular weight is 288 g/mol. The summed E-state index contributed by atoms with van der Waals surface area (Å²) in [5, 5.41) is 8.72. The second-order valence-electron chi connectivity index (χ2n) is 5.20. The van der Waals surface area contributed by atoms with E-state index in [2.05, 4.69) is 0 Å². The number of piperidine rings is 1. The summed E-state index contributed by atoms with van der Waals surface area (Å²) < 4.78 is 10.6. The number of amides is 1. The molecule has 2 rings (SSSR count). The van der Waals surface area contributed by atoms with E-state index in [1.807, 2.05) is 11.0 Å².